The molecular weight excluding hydrogens is 432 g/mol. The molecule has 0 spiro atoms. The smallest absolute Gasteiger partial charge is 0.326 e. The lowest BCUT2D eigenvalue weighted by atomic mass is 10.2. The SMILES string of the molecule is CCn1c(=O)[nH]c2cc3c(NCc4cccc(OCCCN5CCOCC5)c4)ncnc3cc21. The Hall–Kier alpha value is -3.43. The van der Waals surface area contributed by atoms with Crippen LogP contribution in [-0.4, -0.2) is 63.9 Å². The molecule has 9 heteroatoms. The van der Waals surface area contributed by atoms with Crippen molar-refractivity contribution in [2.45, 2.75) is 26.4 Å². The number of nitrogens with one attached hydrogen (secondary N) is 2. The molecule has 5 rings (SSSR count). The number of aromatic nitrogens is 4. The monoisotopic (exact) mass is 462 g/mol. The molecule has 2 aromatic heterocycles. The van der Waals surface area contributed by atoms with E-state index in [0.29, 0.717) is 19.7 Å². The second-order valence-corrected chi connectivity index (χ2v) is 8.44. The summed E-state index contributed by atoms with van der Waals surface area (Å²) in [5.41, 5.74) is 3.41. The molecular formula is C25H30N6O3. The zero-order valence-electron chi connectivity index (χ0n) is 19.4. The second kappa shape index (κ2) is 10.2. The number of hydrogen-bond acceptors (Lipinski definition) is 7. The standard InChI is InChI=1S/C25H30N6O3/c1-2-31-23-15-21-20(14-22(23)29-25(31)32)24(28-17-27-21)26-16-18-5-3-6-19(13-18)34-10-4-7-30-8-11-33-12-9-30/h3,5-6,13-15,17H,2,4,7-12,16H2,1H3,(H,29,32)(H,26,27,28). The van der Waals surface area contributed by atoms with Crippen molar-refractivity contribution in [1.82, 2.24) is 24.4 Å². The van der Waals surface area contributed by atoms with Crippen LogP contribution in [0.3, 0.4) is 0 Å². The third-order valence-electron chi connectivity index (χ3n) is 6.20. The molecule has 4 aromatic rings. The summed E-state index contributed by atoms with van der Waals surface area (Å²) in [5.74, 6) is 1.60. The fourth-order valence-corrected chi connectivity index (χ4v) is 4.40. The minimum atomic E-state index is -0.114. The number of anilines is 1. The molecule has 0 atom stereocenters. The summed E-state index contributed by atoms with van der Waals surface area (Å²) in [6.07, 6.45) is 2.54. The van der Waals surface area contributed by atoms with Gasteiger partial charge in [0, 0.05) is 38.1 Å². The van der Waals surface area contributed by atoms with Crippen molar-refractivity contribution in [3.8, 4) is 5.75 Å². The molecule has 1 saturated heterocycles. The van der Waals surface area contributed by atoms with Crippen LogP contribution < -0.4 is 15.7 Å². The normalized spacial score (nSPS) is 14.6. The number of rotatable bonds is 9. The Labute approximate surface area is 197 Å². The van der Waals surface area contributed by atoms with Gasteiger partial charge in [0.25, 0.3) is 0 Å². The number of nitrogens with zero attached hydrogens (tertiary/aromatic N) is 4. The summed E-state index contributed by atoms with van der Waals surface area (Å²) in [5, 5.41) is 4.29. The fourth-order valence-electron chi connectivity index (χ4n) is 4.40. The summed E-state index contributed by atoms with van der Waals surface area (Å²) < 4.78 is 13.1. The van der Waals surface area contributed by atoms with Crippen LogP contribution in [0.25, 0.3) is 21.9 Å². The van der Waals surface area contributed by atoms with Gasteiger partial charge in [-0.3, -0.25) is 9.47 Å². The third kappa shape index (κ3) is 4.90. The van der Waals surface area contributed by atoms with Crippen molar-refractivity contribution >= 4 is 27.8 Å². The van der Waals surface area contributed by atoms with Gasteiger partial charge in [-0.15, -0.1) is 0 Å². The average molecular weight is 463 g/mol. The Kier molecular flexibility index (Phi) is 6.73. The molecule has 178 valence electrons. The minimum absolute atomic E-state index is 0.114. The molecule has 0 amide bonds. The van der Waals surface area contributed by atoms with Crippen molar-refractivity contribution in [3.05, 3.63) is 58.8 Å². The van der Waals surface area contributed by atoms with Crippen molar-refractivity contribution in [3.63, 3.8) is 0 Å². The third-order valence-corrected chi connectivity index (χ3v) is 6.20. The summed E-state index contributed by atoms with van der Waals surface area (Å²) >= 11 is 0. The molecule has 0 radical (unpaired) electrons. The van der Waals surface area contributed by atoms with Gasteiger partial charge < -0.3 is 19.8 Å². The predicted molar refractivity (Wildman–Crippen MR) is 132 cm³/mol. The van der Waals surface area contributed by atoms with Crippen LogP contribution in [0.4, 0.5) is 5.82 Å². The van der Waals surface area contributed by atoms with Crippen LogP contribution in [0.5, 0.6) is 5.75 Å². The summed E-state index contributed by atoms with van der Waals surface area (Å²) in [4.78, 5) is 26.4. The van der Waals surface area contributed by atoms with Crippen LogP contribution in [-0.2, 0) is 17.8 Å². The number of benzene rings is 2. The highest BCUT2D eigenvalue weighted by molar-refractivity contribution is 5.98. The maximum absolute atomic E-state index is 12.2. The fraction of sp³-hybridized carbons (Fsp3) is 0.400. The van der Waals surface area contributed by atoms with E-state index in [0.717, 1.165) is 78.3 Å². The van der Waals surface area contributed by atoms with Crippen molar-refractivity contribution < 1.29 is 9.47 Å². The van der Waals surface area contributed by atoms with E-state index in [-0.39, 0.29) is 5.69 Å². The molecule has 34 heavy (non-hydrogen) atoms. The van der Waals surface area contributed by atoms with E-state index in [1.807, 2.05) is 31.2 Å². The maximum atomic E-state index is 12.2. The topological polar surface area (TPSA) is 97.3 Å². The number of H-pyrrole nitrogens is 1. The van der Waals surface area contributed by atoms with Crippen molar-refractivity contribution in [2.75, 3.05) is 44.8 Å². The summed E-state index contributed by atoms with van der Waals surface area (Å²) in [6, 6.07) is 12.0. The zero-order valence-corrected chi connectivity index (χ0v) is 19.4. The second-order valence-electron chi connectivity index (χ2n) is 8.44. The maximum Gasteiger partial charge on any atom is 0.326 e. The van der Waals surface area contributed by atoms with Gasteiger partial charge in [-0.05, 0) is 43.2 Å². The molecule has 1 aliphatic heterocycles. The van der Waals surface area contributed by atoms with Crippen LogP contribution >= 0.6 is 0 Å². The molecule has 2 N–H and O–H groups in total. The Morgan fingerprint density at radius 1 is 1.18 bits per heavy atom. The molecule has 9 nitrogen and oxygen atoms in total. The summed E-state index contributed by atoms with van der Waals surface area (Å²) in [7, 11) is 0. The molecule has 3 heterocycles. The highest BCUT2D eigenvalue weighted by Crippen LogP contribution is 2.25. The van der Waals surface area contributed by atoms with Gasteiger partial charge in [-0.25, -0.2) is 14.8 Å². The number of fused-ring (bicyclic) bond motifs is 2. The highest BCUT2D eigenvalue weighted by Gasteiger charge is 2.11. The van der Waals surface area contributed by atoms with Gasteiger partial charge in [0.15, 0.2) is 0 Å². The lowest BCUT2D eigenvalue weighted by Crippen LogP contribution is -2.37. The van der Waals surface area contributed by atoms with Crippen LogP contribution in [0.2, 0.25) is 0 Å². The van der Waals surface area contributed by atoms with Gasteiger partial charge in [0.1, 0.15) is 17.9 Å². The van der Waals surface area contributed by atoms with Gasteiger partial charge in [0.05, 0.1) is 36.4 Å². The molecule has 0 bridgehead atoms. The Morgan fingerprint density at radius 2 is 2.06 bits per heavy atom. The summed E-state index contributed by atoms with van der Waals surface area (Å²) in [6.45, 7) is 8.54. The van der Waals surface area contributed by atoms with Gasteiger partial charge in [0.2, 0.25) is 0 Å². The van der Waals surface area contributed by atoms with Crippen LogP contribution in [0.1, 0.15) is 18.9 Å². The zero-order chi connectivity index (χ0) is 23.3. The number of imidazole rings is 1. The van der Waals surface area contributed by atoms with Gasteiger partial charge >= 0.3 is 5.69 Å². The van der Waals surface area contributed by atoms with E-state index in [1.165, 1.54) is 0 Å². The first-order valence-electron chi connectivity index (χ1n) is 11.8. The lowest BCUT2D eigenvalue weighted by Gasteiger charge is -2.26. The number of aryl methyl sites for hydroxylation is 1. The molecule has 0 saturated carbocycles. The van der Waals surface area contributed by atoms with E-state index >= 15 is 0 Å². The number of ether oxygens (including phenoxy) is 2. The quantitative estimate of drug-likeness (QED) is 0.369. The average Bonchev–Trinajstić information content (AvgIpc) is 3.18. The van der Waals surface area contributed by atoms with Crippen molar-refractivity contribution in [1.29, 1.82) is 0 Å². The molecule has 0 unspecified atom stereocenters. The Morgan fingerprint density at radius 3 is 2.91 bits per heavy atom. The van der Waals surface area contributed by atoms with E-state index in [4.69, 9.17) is 9.47 Å². The van der Waals surface area contributed by atoms with E-state index in [9.17, 15) is 4.79 Å². The molecule has 0 aliphatic carbocycles. The number of aromatic amines is 1. The first kappa shape index (κ1) is 22.4. The largest absolute Gasteiger partial charge is 0.494 e. The first-order valence-corrected chi connectivity index (χ1v) is 11.8. The van der Waals surface area contributed by atoms with Crippen LogP contribution in [0, 0.1) is 0 Å². The first-order chi connectivity index (χ1) is 16.7. The van der Waals surface area contributed by atoms with E-state index < -0.39 is 0 Å². The van der Waals surface area contributed by atoms with Gasteiger partial charge in [-0.1, -0.05) is 12.1 Å². The predicted octanol–water partition coefficient (Wildman–Crippen LogP) is 3.01. The van der Waals surface area contributed by atoms with Crippen molar-refractivity contribution in [2.24, 2.45) is 0 Å². The Balaban J connectivity index is 1.23. The number of hydrogen-bond donors (Lipinski definition) is 2. The van der Waals surface area contributed by atoms with Gasteiger partial charge in [-0.2, -0.15) is 0 Å². The van der Waals surface area contributed by atoms with E-state index in [2.05, 4.69) is 37.3 Å². The highest BCUT2D eigenvalue weighted by atomic mass is 16.5. The minimum Gasteiger partial charge on any atom is -0.494 e. The van der Waals surface area contributed by atoms with E-state index in [1.54, 1.807) is 10.9 Å². The Bertz CT molecular complexity index is 1330. The molecule has 2 aromatic carbocycles. The number of morpholine rings is 1. The van der Waals surface area contributed by atoms with Crippen LogP contribution in [0.15, 0.2) is 47.5 Å². The molecule has 1 fully saturated rings. The lowest BCUT2D eigenvalue weighted by molar-refractivity contribution is 0.0358. The molecule has 1 aliphatic rings.